The third-order valence-corrected chi connectivity index (χ3v) is 3.26. The van der Waals surface area contributed by atoms with Gasteiger partial charge in [0.15, 0.2) is 6.23 Å². The number of aliphatic hydroxyl groups excluding tert-OH is 4. The van der Waals surface area contributed by atoms with Crippen molar-refractivity contribution in [3.63, 3.8) is 0 Å². The molecule has 1 aliphatic rings. The molecule has 21 heavy (non-hydrogen) atoms. The predicted octanol–water partition coefficient (Wildman–Crippen LogP) is -1.19. The van der Waals surface area contributed by atoms with E-state index in [1.807, 2.05) is 0 Å². The summed E-state index contributed by atoms with van der Waals surface area (Å²) in [7, 11) is 0. The number of aliphatic hydroxyl groups is 4. The Morgan fingerprint density at radius 1 is 1.24 bits per heavy atom. The first kappa shape index (κ1) is 15.6. The third-order valence-electron chi connectivity index (χ3n) is 3.26. The first-order valence-electron chi connectivity index (χ1n) is 6.25. The summed E-state index contributed by atoms with van der Waals surface area (Å²) >= 11 is 0. The minimum absolute atomic E-state index is 0.149. The highest BCUT2D eigenvalue weighted by molar-refractivity contribution is 5.51. The van der Waals surface area contributed by atoms with E-state index in [1.165, 1.54) is 24.3 Å². The van der Waals surface area contributed by atoms with Gasteiger partial charge in [-0.1, -0.05) is 6.07 Å². The van der Waals surface area contributed by atoms with Gasteiger partial charge in [0, 0.05) is 17.8 Å². The van der Waals surface area contributed by atoms with E-state index in [9.17, 15) is 25.4 Å². The fraction of sp³-hybridized carbons (Fsp3) is 0.500. The highest BCUT2D eigenvalue weighted by atomic mass is 16.6. The molecule has 0 amide bonds. The average molecular weight is 300 g/mol. The number of nitro groups is 1. The molecule has 0 unspecified atom stereocenters. The van der Waals surface area contributed by atoms with Crippen molar-refractivity contribution in [1.29, 1.82) is 0 Å². The zero-order chi connectivity index (χ0) is 15.6. The fourth-order valence-corrected chi connectivity index (χ4v) is 2.09. The van der Waals surface area contributed by atoms with Crippen LogP contribution in [0.1, 0.15) is 0 Å². The monoisotopic (exact) mass is 300 g/mol. The normalized spacial score (nSPS) is 32.7. The van der Waals surface area contributed by atoms with Crippen LogP contribution in [0.5, 0.6) is 0 Å². The van der Waals surface area contributed by atoms with Crippen LogP contribution >= 0.6 is 0 Å². The zero-order valence-electron chi connectivity index (χ0n) is 10.9. The van der Waals surface area contributed by atoms with Crippen molar-refractivity contribution in [3.8, 4) is 0 Å². The van der Waals surface area contributed by atoms with Gasteiger partial charge in [-0.15, -0.1) is 0 Å². The van der Waals surface area contributed by atoms with Gasteiger partial charge in [-0.25, -0.2) is 0 Å². The van der Waals surface area contributed by atoms with Crippen molar-refractivity contribution in [2.24, 2.45) is 0 Å². The highest BCUT2D eigenvalue weighted by Gasteiger charge is 2.43. The van der Waals surface area contributed by atoms with Gasteiger partial charge in [0.1, 0.15) is 24.4 Å². The predicted molar refractivity (Wildman–Crippen MR) is 70.5 cm³/mol. The maximum absolute atomic E-state index is 10.7. The standard InChI is InChI=1S/C12H16N2O7/c15-5-8-9(16)10(17)11(18)12(21-8)13-6-2-1-3-7(4-6)14(19)20/h1-4,8-13,15-18H,5H2/t8-,9+,10+,11+,12-/m1/s1. The summed E-state index contributed by atoms with van der Waals surface area (Å²) in [6.07, 6.45) is -6.58. The van der Waals surface area contributed by atoms with Gasteiger partial charge in [0.25, 0.3) is 5.69 Å². The highest BCUT2D eigenvalue weighted by Crippen LogP contribution is 2.24. The summed E-state index contributed by atoms with van der Waals surface area (Å²) in [4.78, 5) is 10.1. The molecule has 5 N–H and O–H groups in total. The molecule has 1 aliphatic heterocycles. The Hall–Kier alpha value is -1.78. The molecule has 1 fully saturated rings. The quantitative estimate of drug-likeness (QED) is 0.344. The van der Waals surface area contributed by atoms with Crippen LogP contribution in [0.3, 0.4) is 0 Å². The first-order chi connectivity index (χ1) is 9.93. The lowest BCUT2D eigenvalue weighted by molar-refractivity contribution is -0.384. The molecular formula is C12H16N2O7. The van der Waals surface area contributed by atoms with E-state index in [-0.39, 0.29) is 5.69 Å². The van der Waals surface area contributed by atoms with Crippen LogP contribution in [0.4, 0.5) is 11.4 Å². The molecule has 1 saturated heterocycles. The van der Waals surface area contributed by atoms with Gasteiger partial charge < -0.3 is 30.5 Å². The number of hydrogen-bond acceptors (Lipinski definition) is 8. The summed E-state index contributed by atoms with van der Waals surface area (Å²) in [6.45, 7) is -0.544. The summed E-state index contributed by atoms with van der Waals surface area (Å²) in [6, 6.07) is 5.51. The van der Waals surface area contributed by atoms with Crippen LogP contribution in [0, 0.1) is 10.1 Å². The number of nitrogens with zero attached hydrogens (tertiary/aromatic N) is 1. The number of hydrogen-bond donors (Lipinski definition) is 5. The molecule has 2 rings (SSSR count). The average Bonchev–Trinajstić information content (AvgIpc) is 2.48. The van der Waals surface area contributed by atoms with Crippen LogP contribution in [0.25, 0.3) is 0 Å². The summed E-state index contributed by atoms with van der Waals surface area (Å²) in [5, 5.41) is 51.6. The van der Waals surface area contributed by atoms with Crippen molar-refractivity contribution >= 4 is 11.4 Å². The van der Waals surface area contributed by atoms with E-state index in [0.29, 0.717) is 5.69 Å². The first-order valence-corrected chi connectivity index (χ1v) is 6.25. The smallest absolute Gasteiger partial charge is 0.271 e. The van der Waals surface area contributed by atoms with Crippen LogP contribution in [0.15, 0.2) is 24.3 Å². The van der Waals surface area contributed by atoms with Gasteiger partial charge in [0.05, 0.1) is 11.5 Å². The molecule has 9 heteroatoms. The second kappa shape index (κ2) is 6.33. The number of rotatable bonds is 4. The van der Waals surface area contributed by atoms with E-state index in [4.69, 9.17) is 9.84 Å². The van der Waals surface area contributed by atoms with Gasteiger partial charge in [0.2, 0.25) is 0 Å². The Balaban J connectivity index is 2.14. The van der Waals surface area contributed by atoms with Gasteiger partial charge in [-0.05, 0) is 6.07 Å². The molecular weight excluding hydrogens is 284 g/mol. The Kier molecular flexibility index (Phi) is 4.70. The Bertz CT molecular complexity index is 510. The van der Waals surface area contributed by atoms with E-state index in [2.05, 4.69) is 5.32 Å². The van der Waals surface area contributed by atoms with E-state index < -0.39 is 42.2 Å². The van der Waals surface area contributed by atoms with Gasteiger partial charge in [-0.3, -0.25) is 10.1 Å². The second-order valence-corrected chi connectivity index (χ2v) is 4.70. The Morgan fingerprint density at radius 2 is 1.95 bits per heavy atom. The van der Waals surface area contributed by atoms with Crippen LogP contribution < -0.4 is 5.32 Å². The van der Waals surface area contributed by atoms with Crippen molar-refractivity contribution < 1.29 is 30.1 Å². The lowest BCUT2D eigenvalue weighted by Crippen LogP contribution is -2.60. The lowest BCUT2D eigenvalue weighted by atomic mass is 9.98. The molecule has 1 heterocycles. The molecule has 116 valence electrons. The topological polar surface area (TPSA) is 145 Å². The molecule has 0 radical (unpaired) electrons. The number of ether oxygens (including phenoxy) is 1. The molecule has 1 aromatic carbocycles. The Labute approximate surface area is 119 Å². The van der Waals surface area contributed by atoms with Crippen molar-refractivity contribution in [3.05, 3.63) is 34.4 Å². The molecule has 0 bridgehead atoms. The van der Waals surface area contributed by atoms with Crippen LogP contribution in [-0.4, -0.2) is 62.6 Å². The summed E-state index contributed by atoms with van der Waals surface area (Å²) < 4.78 is 5.24. The van der Waals surface area contributed by atoms with Gasteiger partial charge in [-0.2, -0.15) is 0 Å². The zero-order valence-corrected chi connectivity index (χ0v) is 10.9. The van der Waals surface area contributed by atoms with Crippen molar-refractivity contribution in [2.75, 3.05) is 11.9 Å². The molecule has 0 spiro atoms. The molecule has 9 nitrogen and oxygen atoms in total. The second-order valence-electron chi connectivity index (χ2n) is 4.70. The number of nitro benzene ring substituents is 1. The van der Waals surface area contributed by atoms with Crippen LogP contribution in [0.2, 0.25) is 0 Å². The summed E-state index contributed by atoms with van der Waals surface area (Å²) in [5.74, 6) is 0. The molecule has 0 saturated carbocycles. The Morgan fingerprint density at radius 3 is 2.57 bits per heavy atom. The lowest BCUT2D eigenvalue weighted by Gasteiger charge is -2.40. The van der Waals surface area contributed by atoms with Crippen molar-refractivity contribution in [2.45, 2.75) is 30.6 Å². The van der Waals surface area contributed by atoms with Gasteiger partial charge >= 0.3 is 0 Å². The van der Waals surface area contributed by atoms with Crippen molar-refractivity contribution in [1.82, 2.24) is 0 Å². The molecule has 0 aliphatic carbocycles. The SMILES string of the molecule is O=[N+]([O-])c1cccc(N[C@@H]2O[C@H](CO)[C@H](O)[C@H](O)[C@@H]2O)c1. The molecule has 1 aromatic rings. The number of anilines is 1. The third kappa shape index (κ3) is 3.28. The van der Waals surface area contributed by atoms with E-state index >= 15 is 0 Å². The minimum Gasteiger partial charge on any atom is -0.394 e. The molecule has 0 aromatic heterocycles. The maximum Gasteiger partial charge on any atom is 0.271 e. The molecule has 5 atom stereocenters. The number of non-ortho nitro benzene ring substituents is 1. The number of nitrogens with one attached hydrogen (secondary N) is 1. The van der Waals surface area contributed by atoms with E-state index in [0.717, 1.165) is 0 Å². The minimum atomic E-state index is -1.51. The van der Waals surface area contributed by atoms with Crippen LogP contribution in [-0.2, 0) is 4.74 Å². The fourth-order valence-electron chi connectivity index (χ4n) is 2.09. The van der Waals surface area contributed by atoms with E-state index in [1.54, 1.807) is 0 Å². The maximum atomic E-state index is 10.7. The largest absolute Gasteiger partial charge is 0.394 e. The summed E-state index contributed by atoms with van der Waals surface area (Å²) in [5.41, 5.74) is 0.151. The number of benzene rings is 1.